The highest BCUT2D eigenvalue weighted by molar-refractivity contribution is 6.80. The van der Waals surface area contributed by atoms with Crippen molar-refractivity contribution in [2.24, 2.45) is 0 Å². The van der Waals surface area contributed by atoms with Crippen molar-refractivity contribution in [2.75, 3.05) is 0 Å². The molecule has 127 valence electrons. The van der Waals surface area contributed by atoms with Gasteiger partial charge < -0.3 is 0 Å². The largest absolute Gasteiger partial charge is 0.226 e. The summed E-state index contributed by atoms with van der Waals surface area (Å²) < 4.78 is -9.41. The van der Waals surface area contributed by atoms with Crippen molar-refractivity contribution < 1.29 is 5.11 Å². The minimum Gasteiger partial charge on any atom is -0.223 e. The summed E-state index contributed by atoms with van der Waals surface area (Å²) >= 11 is 54.2. The lowest BCUT2D eigenvalue weighted by Gasteiger charge is -2.44. The molecule has 1 radical (unpaired) electrons. The van der Waals surface area contributed by atoms with Crippen LogP contribution in [0.1, 0.15) is 17.2 Å². The van der Waals surface area contributed by atoms with Crippen molar-refractivity contribution in [1.29, 1.82) is 0 Å². The Morgan fingerprint density at radius 1 is 0.783 bits per heavy atom. The molecule has 0 amide bonds. The Hall–Kier alpha value is 1.53. The number of hydrogen-bond acceptors (Lipinski definition) is 0. The van der Waals surface area contributed by atoms with Crippen LogP contribution >= 0.6 is 104 Å². The summed E-state index contributed by atoms with van der Waals surface area (Å²) in [5.74, 6) is 0. The molecule has 0 fully saturated rings. The molecule has 1 aromatic carbocycles. The molecule has 0 N–H and O–H groups in total. The van der Waals surface area contributed by atoms with Crippen LogP contribution in [0.25, 0.3) is 6.08 Å². The Bertz CT molecular complexity index is 645. The predicted molar refractivity (Wildman–Crippen MR) is 101 cm³/mol. The summed E-state index contributed by atoms with van der Waals surface area (Å²) in [7, 11) is 0. The second-order valence-corrected chi connectivity index (χ2v) is 11.1. The lowest BCUT2D eigenvalue weighted by molar-refractivity contribution is 0.119. The SMILES string of the molecule is [O]C1C(C(Cl)(Cl)C(Cl)(Cl)C(Cl)(Cl)C(Cl)(Cl)Cl)=Cc2ccccc21. The van der Waals surface area contributed by atoms with Gasteiger partial charge in [-0.3, -0.25) is 0 Å². The molecule has 23 heavy (non-hydrogen) atoms. The Kier molecular flexibility index (Phi) is 5.98. The van der Waals surface area contributed by atoms with E-state index in [9.17, 15) is 5.11 Å². The molecule has 0 saturated heterocycles. The first kappa shape index (κ1) is 20.8. The van der Waals surface area contributed by atoms with E-state index in [0.29, 0.717) is 11.1 Å². The van der Waals surface area contributed by atoms with E-state index in [1.165, 1.54) is 6.08 Å². The van der Waals surface area contributed by atoms with Crippen LogP contribution in [0.2, 0.25) is 0 Å². The third-order valence-corrected chi connectivity index (χ3v) is 8.86. The zero-order valence-corrected chi connectivity index (χ0v) is 17.6. The van der Waals surface area contributed by atoms with Gasteiger partial charge in [-0.05, 0) is 17.2 Å². The highest BCUT2D eigenvalue weighted by Gasteiger charge is 2.69. The first-order valence-electron chi connectivity index (χ1n) is 5.92. The van der Waals surface area contributed by atoms with E-state index in [-0.39, 0.29) is 5.57 Å². The third-order valence-electron chi connectivity index (χ3n) is 3.38. The zero-order valence-electron chi connectivity index (χ0n) is 10.8. The molecule has 0 saturated carbocycles. The van der Waals surface area contributed by atoms with Gasteiger partial charge in [0.05, 0.1) is 0 Å². The molecule has 1 aromatic rings. The Balaban J connectivity index is 2.51. The standard InChI is InChI=1S/C13H6Cl9O/c14-10(15,11(16,17)12(18,19)13(20,21)22)8-5-6-3-1-2-4-7(6)9(8)23/h1-5,9H. The van der Waals surface area contributed by atoms with E-state index >= 15 is 0 Å². The fourth-order valence-electron chi connectivity index (χ4n) is 2.10. The second-order valence-electron chi connectivity index (χ2n) is 4.83. The molecule has 1 unspecified atom stereocenters. The van der Waals surface area contributed by atoms with Gasteiger partial charge in [-0.1, -0.05) is 129 Å². The number of rotatable bonds is 3. The van der Waals surface area contributed by atoms with Crippen molar-refractivity contribution in [3.05, 3.63) is 41.0 Å². The van der Waals surface area contributed by atoms with Gasteiger partial charge in [0, 0.05) is 5.57 Å². The normalized spacial score (nSPS) is 19.6. The first-order valence-corrected chi connectivity index (χ1v) is 9.32. The highest BCUT2D eigenvalue weighted by Crippen LogP contribution is 2.65. The molecule has 0 spiro atoms. The Labute approximate surface area is 178 Å². The van der Waals surface area contributed by atoms with E-state index in [1.807, 2.05) is 0 Å². The summed E-state index contributed by atoms with van der Waals surface area (Å²) in [6.45, 7) is 0. The molecule has 0 bridgehead atoms. The Morgan fingerprint density at radius 3 is 1.78 bits per heavy atom. The summed E-state index contributed by atoms with van der Waals surface area (Å²) in [4.78, 5) is 0. The molecule has 0 aliphatic heterocycles. The molecular formula is C13H6Cl9O. The van der Waals surface area contributed by atoms with Crippen LogP contribution in [0, 0.1) is 0 Å². The van der Waals surface area contributed by atoms with Crippen LogP contribution in [0.15, 0.2) is 29.8 Å². The van der Waals surface area contributed by atoms with Gasteiger partial charge in [-0.2, -0.15) is 0 Å². The number of benzene rings is 1. The van der Waals surface area contributed by atoms with Crippen molar-refractivity contribution in [3.8, 4) is 0 Å². The van der Waals surface area contributed by atoms with E-state index < -0.39 is 22.9 Å². The topological polar surface area (TPSA) is 19.9 Å². The van der Waals surface area contributed by atoms with Gasteiger partial charge in [-0.25, -0.2) is 5.11 Å². The van der Waals surface area contributed by atoms with Gasteiger partial charge in [0.2, 0.25) is 8.13 Å². The van der Waals surface area contributed by atoms with Crippen LogP contribution in [-0.4, -0.2) is 16.8 Å². The average Bonchev–Trinajstić information content (AvgIpc) is 2.75. The lowest BCUT2D eigenvalue weighted by atomic mass is 10.0. The van der Waals surface area contributed by atoms with Crippen molar-refractivity contribution >= 4 is 110 Å². The van der Waals surface area contributed by atoms with E-state index in [0.717, 1.165) is 0 Å². The van der Waals surface area contributed by atoms with Crippen LogP contribution in [-0.2, 0) is 5.11 Å². The van der Waals surface area contributed by atoms with Gasteiger partial charge >= 0.3 is 0 Å². The van der Waals surface area contributed by atoms with Gasteiger partial charge in [0.1, 0.15) is 6.10 Å². The molecule has 0 aromatic heterocycles. The number of alkyl halides is 9. The molecule has 0 heterocycles. The quantitative estimate of drug-likeness (QED) is 0.387. The van der Waals surface area contributed by atoms with Crippen LogP contribution in [0.4, 0.5) is 0 Å². The smallest absolute Gasteiger partial charge is 0.223 e. The maximum absolute atomic E-state index is 12.6. The number of halogens is 9. The summed E-state index contributed by atoms with van der Waals surface area (Å²) in [6, 6.07) is 6.80. The number of fused-ring (bicyclic) bond motifs is 1. The predicted octanol–water partition coefficient (Wildman–Crippen LogP) is 7.45. The van der Waals surface area contributed by atoms with E-state index in [4.69, 9.17) is 104 Å². The van der Waals surface area contributed by atoms with Gasteiger partial charge in [0.15, 0.2) is 8.67 Å². The van der Waals surface area contributed by atoms with Gasteiger partial charge in [0.25, 0.3) is 0 Å². The fraction of sp³-hybridized carbons (Fsp3) is 0.385. The summed E-state index contributed by atoms with van der Waals surface area (Å²) in [5, 5.41) is 12.6. The maximum Gasteiger partial charge on any atom is 0.226 e. The molecule has 1 aliphatic rings. The molecule has 2 rings (SSSR count). The van der Waals surface area contributed by atoms with Crippen LogP contribution < -0.4 is 0 Å². The lowest BCUT2D eigenvalue weighted by Crippen LogP contribution is -2.57. The fourth-order valence-corrected chi connectivity index (χ4v) is 4.39. The monoisotopic (exact) mass is 493 g/mol. The van der Waals surface area contributed by atoms with Gasteiger partial charge in [-0.15, -0.1) is 0 Å². The maximum atomic E-state index is 12.6. The molecular weight excluding hydrogens is 491 g/mol. The molecule has 1 aliphatic carbocycles. The van der Waals surface area contributed by atoms with E-state index in [2.05, 4.69) is 0 Å². The number of hydrogen-bond donors (Lipinski definition) is 0. The minimum absolute atomic E-state index is 0.0491. The third kappa shape index (κ3) is 3.30. The van der Waals surface area contributed by atoms with Crippen LogP contribution in [0.3, 0.4) is 0 Å². The van der Waals surface area contributed by atoms with Crippen molar-refractivity contribution in [3.63, 3.8) is 0 Å². The second kappa shape index (κ2) is 6.60. The minimum atomic E-state index is -2.42. The van der Waals surface area contributed by atoms with Crippen LogP contribution in [0.5, 0.6) is 0 Å². The highest BCUT2D eigenvalue weighted by atomic mass is 35.6. The molecule has 10 heteroatoms. The molecule has 1 nitrogen and oxygen atoms in total. The van der Waals surface area contributed by atoms with Crippen molar-refractivity contribution in [2.45, 2.75) is 22.9 Å². The average molecular weight is 497 g/mol. The zero-order chi connectivity index (χ0) is 17.8. The molecule has 1 atom stereocenters. The summed E-state index contributed by atoms with van der Waals surface area (Å²) in [5.41, 5.74) is 1.04. The van der Waals surface area contributed by atoms with E-state index in [1.54, 1.807) is 24.3 Å². The first-order chi connectivity index (χ1) is 10.2. The van der Waals surface area contributed by atoms with Crippen molar-refractivity contribution in [1.82, 2.24) is 0 Å². The summed E-state index contributed by atoms with van der Waals surface area (Å²) in [6.07, 6.45) is 0.0481. The Morgan fingerprint density at radius 2 is 1.30 bits per heavy atom.